The first-order valence-corrected chi connectivity index (χ1v) is 5.34. The molecule has 0 aliphatic rings. The van der Waals surface area contributed by atoms with E-state index in [1.165, 1.54) is 0 Å². The van der Waals surface area contributed by atoms with Gasteiger partial charge in [-0.1, -0.05) is 0 Å². The van der Waals surface area contributed by atoms with Crippen molar-refractivity contribution < 1.29 is 4.74 Å². The summed E-state index contributed by atoms with van der Waals surface area (Å²) in [6.45, 7) is 0.494. The lowest BCUT2D eigenvalue weighted by molar-refractivity contribution is 0.296. The van der Waals surface area contributed by atoms with Gasteiger partial charge in [0.25, 0.3) is 0 Å². The molecule has 5 heteroatoms. The van der Waals surface area contributed by atoms with Crippen LogP contribution in [0.25, 0.3) is 11.0 Å². The number of pyridine rings is 1. The highest BCUT2D eigenvalue weighted by Crippen LogP contribution is 2.17. The third-order valence-corrected chi connectivity index (χ3v) is 2.68. The normalized spacial score (nSPS) is 10.9. The molecule has 0 amide bonds. The molecule has 3 aromatic rings. The van der Waals surface area contributed by atoms with Crippen LogP contribution < -0.4 is 4.74 Å². The minimum atomic E-state index is 0.494. The molecule has 3 aromatic heterocycles. The standard InChI is InChI=1S/C12H12N4O/c1-16-8-13-5-10(16)7-17-11-4-9-2-3-14-12(9)15-6-11/h2-6,8H,7H2,1H3,(H,14,15). The molecule has 0 aliphatic carbocycles. The van der Waals surface area contributed by atoms with Gasteiger partial charge in [-0.2, -0.15) is 0 Å². The predicted octanol–water partition coefficient (Wildman–Crippen LogP) is 1.88. The Hall–Kier alpha value is -2.30. The van der Waals surface area contributed by atoms with E-state index in [1.54, 1.807) is 18.7 Å². The largest absolute Gasteiger partial charge is 0.486 e. The summed E-state index contributed by atoms with van der Waals surface area (Å²) in [4.78, 5) is 11.3. The third kappa shape index (κ3) is 1.87. The average molecular weight is 228 g/mol. The molecule has 0 atom stereocenters. The molecule has 1 N–H and O–H groups in total. The van der Waals surface area contributed by atoms with Crippen LogP contribution in [0.15, 0.2) is 37.1 Å². The van der Waals surface area contributed by atoms with Crippen LogP contribution in [-0.2, 0) is 13.7 Å². The van der Waals surface area contributed by atoms with Crippen LogP contribution in [0, 0.1) is 0 Å². The number of nitrogens with one attached hydrogen (secondary N) is 1. The summed E-state index contributed by atoms with van der Waals surface area (Å²) >= 11 is 0. The summed E-state index contributed by atoms with van der Waals surface area (Å²) in [5.74, 6) is 0.762. The van der Waals surface area contributed by atoms with Gasteiger partial charge in [0.15, 0.2) is 0 Å². The molecule has 0 saturated carbocycles. The Morgan fingerprint density at radius 1 is 1.41 bits per heavy atom. The Bertz CT molecular complexity index is 641. The first-order chi connectivity index (χ1) is 8.33. The van der Waals surface area contributed by atoms with Crippen molar-refractivity contribution in [2.45, 2.75) is 6.61 Å². The smallest absolute Gasteiger partial charge is 0.138 e. The van der Waals surface area contributed by atoms with Crippen LogP contribution in [0.5, 0.6) is 5.75 Å². The van der Waals surface area contributed by atoms with Crippen molar-refractivity contribution >= 4 is 11.0 Å². The molecule has 86 valence electrons. The fraction of sp³-hybridized carbons (Fsp3) is 0.167. The highest BCUT2D eigenvalue weighted by molar-refractivity contribution is 5.76. The molecular weight excluding hydrogens is 216 g/mol. The molecule has 0 radical (unpaired) electrons. The van der Waals surface area contributed by atoms with Crippen molar-refractivity contribution in [1.29, 1.82) is 0 Å². The molecule has 3 heterocycles. The zero-order valence-corrected chi connectivity index (χ0v) is 9.42. The van der Waals surface area contributed by atoms with Crippen molar-refractivity contribution in [2.75, 3.05) is 0 Å². The lowest BCUT2D eigenvalue weighted by Crippen LogP contribution is -2.01. The summed E-state index contributed by atoms with van der Waals surface area (Å²) in [6, 6.07) is 3.94. The molecule has 0 aliphatic heterocycles. The SMILES string of the molecule is Cn1cncc1COc1cnc2[nH]ccc2c1. The van der Waals surface area contributed by atoms with Crippen LogP contribution in [0.2, 0.25) is 0 Å². The van der Waals surface area contributed by atoms with Gasteiger partial charge in [-0.05, 0) is 12.1 Å². The molecule has 3 rings (SSSR count). The number of aromatic amines is 1. The summed E-state index contributed by atoms with van der Waals surface area (Å²) in [5.41, 5.74) is 1.90. The van der Waals surface area contributed by atoms with Gasteiger partial charge < -0.3 is 14.3 Å². The van der Waals surface area contributed by atoms with Crippen LogP contribution >= 0.6 is 0 Å². The number of imidazole rings is 1. The average Bonchev–Trinajstić information content (AvgIpc) is 2.94. The fourth-order valence-corrected chi connectivity index (χ4v) is 1.68. The van der Waals surface area contributed by atoms with E-state index in [2.05, 4.69) is 15.0 Å². The highest BCUT2D eigenvalue weighted by atomic mass is 16.5. The molecule has 0 bridgehead atoms. The molecule has 0 aromatic carbocycles. The Morgan fingerprint density at radius 3 is 3.18 bits per heavy atom. The zero-order chi connectivity index (χ0) is 11.7. The molecular formula is C12H12N4O. The number of ether oxygens (including phenoxy) is 1. The molecule has 0 spiro atoms. The number of hydrogen-bond acceptors (Lipinski definition) is 3. The summed E-state index contributed by atoms with van der Waals surface area (Å²) in [5, 5.41) is 1.05. The number of H-pyrrole nitrogens is 1. The Kier molecular flexibility index (Phi) is 2.29. The lowest BCUT2D eigenvalue weighted by Gasteiger charge is -2.06. The maximum atomic E-state index is 5.67. The van der Waals surface area contributed by atoms with Crippen molar-refractivity contribution in [3.63, 3.8) is 0 Å². The summed E-state index contributed by atoms with van der Waals surface area (Å²) < 4.78 is 7.60. The van der Waals surface area contributed by atoms with Gasteiger partial charge in [0.2, 0.25) is 0 Å². The van der Waals surface area contributed by atoms with Gasteiger partial charge >= 0.3 is 0 Å². The van der Waals surface area contributed by atoms with Gasteiger partial charge in [-0.25, -0.2) is 9.97 Å². The predicted molar refractivity (Wildman–Crippen MR) is 63.6 cm³/mol. The van der Waals surface area contributed by atoms with E-state index < -0.39 is 0 Å². The number of fused-ring (bicyclic) bond motifs is 1. The van der Waals surface area contributed by atoms with Gasteiger partial charge in [0.05, 0.1) is 24.4 Å². The quantitative estimate of drug-likeness (QED) is 0.744. The second-order valence-corrected chi connectivity index (χ2v) is 3.87. The van der Waals surface area contributed by atoms with Crippen LogP contribution in [0.1, 0.15) is 5.69 Å². The minimum Gasteiger partial charge on any atom is -0.486 e. The minimum absolute atomic E-state index is 0.494. The fourth-order valence-electron chi connectivity index (χ4n) is 1.68. The van der Waals surface area contributed by atoms with E-state index in [9.17, 15) is 0 Å². The van der Waals surface area contributed by atoms with Crippen molar-refractivity contribution in [1.82, 2.24) is 19.5 Å². The number of nitrogens with zero attached hydrogens (tertiary/aromatic N) is 3. The second kappa shape index (κ2) is 3.93. The maximum absolute atomic E-state index is 5.67. The monoisotopic (exact) mass is 228 g/mol. The van der Waals surface area contributed by atoms with Crippen LogP contribution in [0.4, 0.5) is 0 Å². The van der Waals surface area contributed by atoms with E-state index >= 15 is 0 Å². The maximum Gasteiger partial charge on any atom is 0.138 e. The number of rotatable bonds is 3. The Balaban J connectivity index is 1.78. The van der Waals surface area contributed by atoms with E-state index in [-0.39, 0.29) is 0 Å². The van der Waals surface area contributed by atoms with Gasteiger partial charge in [-0.3, -0.25) is 0 Å². The Labute approximate surface area is 98.1 Å². The van der Waals surface area contributed by atoms with E-state index in [4.69, 9.17) is 4.74 Å². The Morgan fingerprint density at radius 2 is 2.35 bits per heavy atom. The van der Waals surface area contributed by atoms with E-state index in [0.717, 1.165) is 22.5 Å². The molecule has 0 fully saturated rings. The highest BCUT2D eigenvalue weighted by Gasteiger charge is 2.02. The van der Waals surface area contributed by atoms with Crippen LogP contribution in [-0.4, -0.2) is 19.5 Å². The van der Waals surface area contributed by atoms with Crippen LogP contribution in [0.3, 0.4) is 0 Å². The van der Waals surface area contributed by atoms with Gasteiger partial charge in [0.1, 0.15) is 18.0 Å². The molecule has 0 unspecified atom stereocenters. The van der Waals surface area contributed by atoms with Gasteiger partial charge in [-0.15, -0.1) is 0 Å². The summed E-state index contributed by atoms with van der Waals surface area (Å²) in [7, 11) is 1.94. The topological polar surface area (TPSA) is 55.7 Å². The lowest BCUT2D eigenvalue weighted by atomic mass is 10.3. The number of hydrogen-bond donors (Lipinski definition) is 1. The van der Waals surface area contributed by atoms with Crippen molar-refractivity contribution in [3.8, 4) is 5.75 Å². The van der Waals surface area contributed by atoms with Crippen molar-refractivity contribution in [3.05, 3.63) is 42.7 Å². The molecule has 5 nitrogen and oxygen atoms in total. The number of aryl methyl sites for hydroxylation is 1. The van der Waals surface area contributed by atoms with E-state index in [1.807, 2.05) is 29.9 Å². The zero-order valence-electron chi connectivity index (χ0n) is 9.42. The van der Waals surface area contributed by atoms with Gasteiger partial charge in [0, 0.05) is 18.6 Å². The first kappa shape index (κ1) is 9.89. The van der Waals surface area contributed by atoms with E-state index in [0.29, 0.717) is 6.61 Å². The third-order valence-electron chi connectivity index (χ3n) is 2.68. The first-order valence-electron chi connectivity index (χ1n) is 5.34. The second-order valence-electron chi connectivity index (χ2n) is 3.87. The molecule has 17 heavy (non-hydrogen) atoms. The molecule has 0 saturated heterocycles. The summed E-state index contributed by atoms with van der Waals surface area (Å²) in [6.07, 6.45) is 7.13. The van der Waals surface area contributed by atoms with Crippen molar-refractivity contribution in [2.24, 2.45) is 7.05 Å². The number of aromatic nitrogens is 4.